The molecule has 0 aromatic heterocycles. The molecule has 0 radical (unpaired) electrons. The molecule has 2 aromatic carbocycles. The number of nitrogens with one attached hydrogen (secondary N) is 1. The van der Waals surface area contributed by atoms with Gasteiger partial charge in [0.05, 0.1) is 20.4 Å². The van der Waals surface area contributed by atoms with E-state index in [1.165, 1.54) is 38.6 Å². The lowest BCUT2D eigenvalue weighted by molar-refractivity contribution is -0.123. The fourth-order valence-corrected chi connectivity index (χ4v) is 2.31. The predicted octanol–water partition coefficient (Wildman–Crippen LogP) is 3.13. The number of amides is 1. The van der Waals surface area contributed by atoms with Crippen molar-refractivity contribution in [2.75, 3.05) is 20.8 Å². The Morgan fingerprint density at radius 3 is 2.64 bits per heavy atom. The first kappa shape index (κ1) is 18.7. The van der Waals surface area contributed by atoms with Crippen LogP contribution in [0.4, 0.5) is 4.39 Å². The minimum Gasteiger partial charge on any atom is -0.493 e. The molecule has 0 saturated heterocycles. The van der Waals surface area contributed by atoms with E-state index < -0.39 is 11.7 Å². The van der Waals surface area contributed by atoms with Crippen LogP contribution in [0.5, 0.6) is 17.2 Å². The van der Waals surface area contributed by atoms with Crippen molar-refractivity contribution in [3.05, 3.63) is 52.3 Å². The molecule has 1 amide bonds. The van der Waals surface area contributed by atoms with Crippen LogP contribution in [0, 0.1) is 5.82 Å². The summed E-state index contributed by atoms with van der Waals surface area (Å²) in [5, 5.41) is 3.86. The molecule has 0 aliphatic carbocycles. The molecule has 0 saturated carbocycles. The summed E-state index contributed by atoms with van der Waals surface area (Å²) < 4.78 is 29.3. The van der Waals surface area contributed by atoms with Crippen LogP contribution in [-0.2, 0) is 4.79 Å². The molecule has 6 nitrogen and oxygen atoms in total. The number of benzene rings is 2. The summed E-state index contributed by atoms with van der Waals surface area (Å²) in [6.07, 6.45) is 1.45. The SMILES string of the molecule is COc1cc(Br)c(/C=N\NC(=O)COc2cccc(F)c2)cc1OC. The van der Waals surface area contributed by atoms with Crippen LogP contribution >= 0.6 is 15.9 Å². The van der Waals surface area contributed by atoms with E-state index in [4.69, 9.17) is 14.2 Å². The third kappa shape index (κ3) is 5.46. The summed E-state index contributed by atoms with van der Waals surface area (Å²) in [7, 11) is 3.06. The number of rotatable bonds is 7. The first-order chi connectivity index (χ1) is 12.0. The number of carbonyl (C=O) groups excluding carboxylic acids is 1. The van der Waals surface area contributed by atoms with Gasteiger partial charge in [-0.2, -0.15) is 5.10 Å². The molecular weight excluding hydrogens is 395 g/mol. The van der Waals surface area contributed by atoms with Crippen LogP contribution < -0.4 is 19.6 Å². The average Bonchev–Trinajstić information content (AvgIpc) is 2.61. The van der Waals surface area contributed by atoms with Crippen molar-refractivity contribution in [2.24, 2.45) is 5.10 Å². The second-order valence-corrected chi connectivity index (χ2v) is 5.62. The number of nitrogens with zero attached hydrogens (tertiary/aromatic N) is 1. The van der Waals surface area contributed by atoms with E-state index in [9.17, 15) is 9.18 Å². The third-order valence-corrected chi connectivity index (χ3v) is 3.75. The molecule has 0 spiro atoms. The molecule has 0 aliphatic rings. The van der Waals surface area contributed by atoms with Crippen molar-refractivity contribution < 1.29 is 23.4 Å². The minimum atomic E-state index is -0.475. The maximum atomic E-state index is 13.0. The van der Waals surface area contributed by atoms with Crippen LogP contribution in [0.1, 0.15) is 5.56 Å². The highest BCUT2D eigenvalue weighted by molar-refractivity contribution is 9.10. The van der Waals surface area contributed by atoms with Crippen molar-refractivity contribution in [2.45, 2.75) is 0 Å². The fourth-order valence-electron chi connectivity index (χ4n) is 1.88. The van der Waals surface area contributed by atoms with Gasteiger partial charge in [0.15, 0.2) is 18.1 Å². The molecular formula is C17H16BrFN2O4. The zero-order valence-electron chi connectivity index (χ0n) is 13.6. The molecule has 0 unspecified atom stereocenters. The van der Waals surface area contributed by atoms with Crippen molar-refractivity contribution in [1.29, 1.82) is 0 Å². The Hall–Kier alpha value is -2.61. The van der Waals surface area contributed by atoms with Crippen LogP contribution in [0.2, 0.25) is 0 Å². The van der Waals surface area contributed by atoms with E-state index in [0.717, 1.165) is 4.47 Å². The van der Waals surface area contributed by atoms with Gasteiger partial charge in [-0.15, -0.1) is 0 Å². The zero-order valence-corrected chi connectivity index (χ0v) is 15.2. The molecule has 0 atom stereocenters. The molecule has 1 N–H and O–H groups in total. The number of hydrogen-bond donors (Lipinski definition) is 1. The number of hydrazone groups is 1. The van der Waals surface area contributed by atoms with Crippen LogP contribution in [0.25, 0.3) is 0 Å². The Bertz CT molecular complexity index is 783. The second kappa shape index (κ2) is 9.03. The molecule has 0 fully saturated rings. The monoisotopic (exact) mass is 410 g/mol. The van der Waals surface area contributed by atoms with Crippen molar-refractivity contribution in [1.82, 2.24) is 5.43 Å². The first-order valence-electron chi connectivity index (χ1n) is 7.15. The summed E-state index contributed by atoms with van der Waals surface area (Å²) in [5.74, 6) is 0.458. The van der Waals surface area contributed by atoms with Crippen molar-refractivity contribution >= 4 is 28.1 Å². The molecule has 2 rings (SSSR count). The lowest BCUT2D eigenvalue weighted by atomic mass is 10.2. The van der Waals surface area contributed by atoms with E-state index >= 15 is 0 Å². The number of hydrogen-bond acceptors (Lipinski definition) is 5. The first-order valence-corrected chi connectivity index (χ1v) is 7.94. The van der Waals surface area contributed by atoms with E-state index in [1.54, 1.807) is 18.2 Å². The summed E-state index contributed by atoms with van der Waals surface area (Å²) >= 11 is 3.39. The second-order valence-electron chi connectivity index (χ2n) is 4.77. The predicted molar refractivity (Wildman–Crippen MR) is 94.9 cm³/mol. The topological polar surface area (TPSA) is 69.2 Å². The smallest absolute Gasteiger partial charge is 0.277 e. The van der Waals surface area contributed by atoms with Gasteiger partial charge < -0.3 is 14.2 Å². The average molecular weight is 411 g/mol. The van der Waals surface area contributed by atoms with E-state index in [2.05, 4.69) is 26.5 Å². The Labute approximate surface area is 152 Å². The van der Waals surface area contributed by atoms with E-state index in [-0.39, 0.29) is 12.4 Å². The lowest BCUT2D eigenvalue weighted by Crippen LogP contribution is -2.24. The van der Waals surface area contributed by atoms with Crippen LogP contribution in [0.3, 0.4) is 0 Å². The van der Waals surface area contributed by atoms with Gasteiger partial charge in [-0.1, -0.05) is 6.07 Å². The summed E-state index contributed by atoms with van der Waals surface area (Å²) in [5.41, 5.74) is 3.01. The highest BCUT2D eigenvalue weighted by Gasteiger charge is 2.08. The van der Waals surface area contributed by atoms with E-state index in [0.29, 0.717) is 17.1 Å². The number of methoxy groups -OCH3 is 2. The van der Waals surface area contributed by atoms with Crippen LogP contribution in [-0.4, -0.2) is 32.9 Å². The standard InChI is InChI=1S/C17H16BrFN2O4/c1-23-15-6-11(14(18)8-16(15)24-2)9-20-21-17(22)10-25-13-5-3-4-12(19)7-13/h3-9H,10H2,1-2H3,(H,21,22)/b20-9-. The minimum absolute atomic E-state index is 0.266. The van der Waals surface area contributed by atoms with Crippen molar-refractivity contribution in [3.8, 4) is 17.2 Å². The zero-order chi connectivity index (χ0) is 18.2. The lowest BCUT2D eigenvalue weighted by Gasteiger charge is -2.09. The molecule has 0 aliphatic heterocycles. The molecule has 25 heavy (non-hydrogen) atoms. The third-order valence-electron chi connectivity index (χ3n) is 3.06. The highest BCUT2D eigenvalue weighted by atomic mass is 79.9. The Morgan fingerprint density at radius 1 is 1.24 bits per heavy atom. The molecule has 2 aromatic rings. The van der Waals surface area contributed by atoms with Crippen LogP contribution in [0.15, 0.2) is 46.0 Å². The summed E-state index contributed by atoms with van der Waals surface area (Å²) in [6, 6.07) is 8.97. The van der Waals surface area contributed by atoms with Gasteiger partial charge in [0.2, 0.25) is 0 Å². The normalized spacial score (nSPS) is 10.6. The molecule has 0 heterocycles. The van der Waals surface area contributed by atoms with Gasteiger partial charge in [-0.25, -0.2) is 9.82 Å². The van der Waals surface area contributed by atoms with E-state index in [1.807, 2.05) is 0 Å². The number of halogens is 2. The fraction of sp³-hybridized carbons (Fsp3) is 0.176. The van der Waals surface area contributed by atoms with Gasteiger partial charge >= 0.3 is 0 Å². The largest absolute Gasteiger partial charge is 0.493 e. The number of ether oxygens (including phenoxy) is 3. The maximum Gasteiger partial charge on any atom is 0.277 e. The summed E-state index contributed by atoms with van der Waals surface area (Å²) in [6.45, 7) is -0.284. The van der Waals surface area contributed by atoms with Gasteiger partial charge in [-0.05, 0) is 40.2 Å². The van der Waals surface area contributed by atoms with Gasteiger partial charge in [-0.3, -0.25) is 4.79 Å². The quantitative estimate of drug-likeness (QED) is 0.562. The van der Waals surface area contributed by atoms with Crippen molar-refractivity contribution in [3.63, 3.8) is 0 Å². The summed E-state index contributed by atoms with van der Waals surface area (Å²) in [4.78, 5) is 11.7. The van der Waals surface area contributed by atoms with Gasteiger partial charge in [0.1, 0.15) is 11.6 Å². The molecule has 0 bridgehead atoms. The Morgan fingerprint density at radius 2 is 1.96 bits per heavy atom. The molecule has 132 valence electrons. The van der Waals surface area contributed by atoms with Gasteiger partial charge in [0, 0.05) is 16.1 Å². The molecule has 8 heteroatoms. The number of carbonyl (C=O) groups is 1. The maximum absolute atomic E-state index is 13.0. The highest BCUT2D eigenvalue weighted by Crippen LogP contribution is 2.32. The Kier molecular flexibility index (Phi) is 6.76. The van der Waals surface area contributed by atoms with Gasteiger partial charge in [0.25, 0.3) is 5.91 Å². The Balaban J connectivity index is 1.93.